The van der Waals surface area contributed by atoms with Crippen molar-refractivity contribution in [2.45, 2.75) is 19.3 Å². The first-order valence-electron chi connectivity index (χ1n) is 10.6. The smallest absolute Gasteiger partial charge is 0.321 e. The fourth-order valence-corrected chi connectivity index (χ4v) is 4.03. The minimum atomic E-state index is -0.252. The van der Waals surface area contributed by atoms with E-state index in [9.17, 15) is 14.0 Å². The molecule has 158 valence electrons. The maximum Gasteiger partial charge on any atom is 0.321 e. The van der Waals surface area contributed by atoms with E-state index in [-0.39, 0.29) is 17.8 Å². The number of carbonyl (C=O) groups is 2. The summed E-state index contributed by atoms with van der Waals surface area (Å²) in [6.07, 6.45) is 3.27. The maximum atomic E-state index is 13.1. The van der Waals surface area contributed by atoms with Crippen LogP contribution in [0.1, 0.15) is 29.6 Å². The summed E-state index contributed by atoms with van der Waals surface area (Å²) in [5, 5.41) is 2.92. The van der Waals surface area contributed by atoms with Gasteiger partial charge in [-0.1, -0.05) is 6.07 Å². The maximum absolute atomic E-state index is 13.1. The van der Waals surface area contributed by atoms with E-state index in [0.29, 0.717) is 37.4 Å². The highest BCUT2D eigenvalue weighted by Gasteiger charge is 2.22. The molecular weight excluding hydrogens is 383 g/mol. The van der Waals surface area contributed by atoms with Gasteiger partial charge in [0.15, 0.2) is 0 Å². The largest absolute Gasteiger partial charge is 0.368 e. The molecule has 2 aromatic carbocycles. The van der Waals surface area contributed by atoms with E-state index in [4.69, 9.17) is 0 Å². The Morgan fingerprint density at radius 3 is 2.20 bits per heavy atom. The van der Waals surface area contributed by atoms with Gasteiger partial charge in [-0.15, -0.1) is 0 Å². The normalized spacial score (nSPS) is 17.0. The molecule has 2 fully saturated rings. The van der Waals surface area contributed by atoms with Crippen molar-refractivity contribution in [3.63, 3.8) is 0 Å². The molecular formula is C23H27FN4O2. The quantitative estimate of drug-likeness (QED) is 0.837. The second kappa shape index (κ2) is 9.15. The molecule has 0 aliphatic carbocycles. The van der Waals surface area contributed by atoms with Gasteiger partial charge in [0.05, 0.1) is 0 Å². The molecule has 2 saturated heterocycles. The van der Waals surface area contributed by atoms with E-state index in [1.54, 1.807) is 41.3 Å². The van der Waals surface area contributed by atoms with Crippen molar-refractivity contribution in [2.24, 2.45) is 0 Å². The van der Waals surface area contributed by atoms with Crippen molar-refractivity contribution in [3.05, 3.63) is 59.9 Å². The van der Waals surface area contributed by atoms with Crippen LogP contribution in [0.25, 0.3) is 0 Å². The number of urea groups is 1. The standard InChI is InChI=1S/C23H27FN4O2/c24-19-7-9-21(10-8-19)26-13-15-28(16-14-26)23(30)25-20-6-4-5-18(17-20)22(29)27-11-2-1-3-12-27/h4-10,17H,1-3,11-16H2,(H,25,30). The van der Waals surface area contributed by atoms with Gasteiger partial charge in [-0.05, 0) is 61.7 Å². The summed E-state index contributed by atoms with van der Waals surface area (Å²) >= 11 is 0. The zero-order chi connectivity index (χ0) is 20.9. The van der Waals surface area contributed by atoms with Crippen molar-refractivity contribution in [3.8, 4) is 0 Å². The van der Waals surface area contributed by atoms with E-state index in [1.807, 2.05) is 4.90 Å². The minimum Gasteiger partial charge on any atom is -0.368 e. The lowest BCUT2D eigenvalue weighted by Crippen LogP contribution is -2.50. The summed E-state index contributed by atoms with van der Waals surface area (Å²) in [6.45, 7) is 4.13. The summed E-state index contributed by atoms with van der Waals surface area (Å²) in [7, 11) is 0. The number of likely N-dealkylation sites (tertiary alicyclic amines) is 1. The molecule has 2 heterocycles. The lowest BCUT2D eigenvalue weighted by Gasteiger charge is -2.36. The summed E-state index contributed by atoms with van der Waals surface area (Å²) < 4.78 is 13.1. The third kappa shape index (κ3) is 4.72. The van der Waals surface area contributed by atoms with Gasteiger partial charge in [0.25, 0.3) is 5.91 Å². The third-order valence-electron chi connectivity index (χ3n) is 5.76. The minimum absolute atomic E-state index is 0.0266. The topological polar surface area (TPSA) is 55.9 Å². The molecule has 2 aromatic rings. The third-order valence-corrected chi connectivity index (χ3v) is 5.76. The molecule has 0 spiro atoms. The highest BCUT2D eigenvalue weighted by Crippen LogP contribution is 2.19. The molecule has 7 heteroatoms. The highest BCUT2D eigenvalue weighted by atomic mass is 19.1. The molecule has 0 radical (unpaired) electrons. The van der Waals surface area contributed by atoms with Crippen LogP contribution in [-0.4, -0.2) is 61.0 Å². The van der Waals surface area contributed by atoms with Crippen molar-refractivity contribution in [1.82, 2.24) is 9.80 Å². The number of carbonyl (C=O) groups excluding carboxylic acids is 2. The lowest BCUT2D eigenvalue weighted by atomic mass is 10.1. The number of nitrogens with one attached hydrogen (secondary N) is 1. The molecule has 0 unspecified atom stereocenters. The summed E-state index contributed by atoms with van der Waals surface area (Å²) in [5.41, 5.74) is 2.19. The first kappa shape index (κ1) is 20.2. The Bertz CT molecular complexity index is 888. The van der Waals surface area contributed by atoms with Gasteiger partial charge in [0, 0.05) is 56.2 Å². The Hall–Kier alpha value is -3.09. The van der Waals surface area contributed by atoms with Crippen LogP contribution in [0.15, 0.2) is 48.5 Å². The number of nitrogens with zero attached hydrogens (tertiary/aromatic N) is 3. The number of amides is 3. The van der Waals surface area contributed by atoms with Gasteiger partial charge in [-0.2, -0.15) is 0 Å². The van der Waals surface area contributed by atoms with E-state index >= 15 is 0 Å². The van der Waals surface area contributed by atoms with Crippen LogP contribution >= 0.6 is 0 Å². The molecule has 4 rings (SSSR count). The number of hydrogen-bond donors (Lipinski definition) is 1. The molecule has 1 N–H and O–H groups in total. The van der Waals surface area contributed by atoms with Gasteiger partial charge in [-0.25, -0.2) is 9.18 Å². The van der Waals surface area contributed by atoms with E-state index < -0.39 is 0 Å². The molecule has 30 heavy (non-hydrogen) atoms. The molecule has 3 amide bonds. The highest BCUT2D eigenvalue weighted by molar-refractivity contribution is 5.97. The lowest BCUT2D eigenvalue weighted by molar-refractivity contribution is 0.0724. The van der Waals surface area contributed by atoms with Crippen LogP contribution in [-0.2, 0) is 0 Å². The molecule has 0 bridgehead atoms. The Morgan fingerprint density at radius 2 is 1.50 bits per heavy atom. The Morgan fingerprint density at radius 1 is 0.800 bits per heavy atom. The van der Waals surface area contributed by atoms with E-state index in [2.05, 4.69) is 10.2 Å². The average Bonchev–Trinajstić information content (AvgIpc) is 2.80. The summed E-state index contributed by atoms with van der Waals surface area (Å²) in [6, 6.07) is 13.4. The van der Waals surface area contributed by atoms with Gasteiger partial charge in [-0.3, -0.25) is 4.79 Å². The first-order chi connectivity index (χ1) is 14.6. The van der Waals surface area contributed by atoms with Gasteiger partial charge in [0.2, 0.25) is 0 Å². The molecule has 2 aliphatic rings. The molecule has 0 aromatic heterocycles. The van der Waals surface area contributed by atoms with Gasteiger partial charge >= 0.3 is 6.03 Å². The molecule has 6 nitrogen and oxygen atoms in total. The molecule has 2 aliphatic heterocycles. The number of benzene rings is 2. The average molecular weight is 410 g/mol. The Balaban J connectivity index is 1.33. The van der Waals surface area contributed by atoms with E-state index in [0.717, 1.165) is 31.6 Å². The van der Waals surface area contributed by atoms with Crippen molar-refractivity contribution in [1.29, 1.82) is 0 Å². The monoisotopic (exact) mass is 410 g/mol. The van der Waals surface area contributed by atoms with Crippen LogP contribution in [0.5, 0.6) is 0 Å². The number of piperazine rings is 1. The van der Waals surface area contributed by atoms with Crippen LogP contribution in [0, 0.1) is 5.82 Å². The van der Waals surface area contributed by atoms with Crippen molar-refractivity contribution < 1.29 is 14.0 Å². The fourth-order valence-electron chi connectivity index (χ4n) is 4.03. The van der Waals surface area contributed by atoms with Crippen molar-refractivity contribution >= 4 is 23.3 Å². The Kier molecular flexibility index (Phi) is 6.16. The zero-order valence-electron chi connectivity index (χ0n) is 17.0. The Labute approximate surface area is 176 Å². The molecule has 0 saturated carbocycles. The second-order valence-corrected chi connectivity index (χ2v) is 7.81. The summed E-state index contributed by atoms with van der Waals surface area (Å²) in [4.78, 5) is 31.2. The van der Waals surface area contributed by atoms with E-state index in [1.165, 1.54) is 18.6 Å². The van der Waals surface area contributed by atoms with Crippen LogP contribution in [0.2, 0.25) is 0 Å². The van der Waals surface area contributed by atoms with Gasteiger partial charge in [0.1, 0.15) is 5.82 Å². The van der Waals surface area contributed by atoms with Crippen molar-refractivity contribution in [2.75, 3.05) is 49.5 Å². The SMILES string of the molecule is O=C(Nc1cccc(C(=O)N2CCCCC2)c1)N1CCN(c2ccc(F)cc2)CC1. The fraction of sp³-hybridized carbons (Fsp3) is 0.391. The predicted molar refractivity (Wildman–Crippen MR) is 115 cm³/mol. The molecule has 0 atom stereocenters. The summed E-state index contributed by atoms with van der Waals surface area (Å²) in [5.74, 6) is -0.225. The number of halogens is 1. The van der Waals surface area contributed by atoms with Crippen LogP contribution in [0.3, 0.4) is 0 Å². The number of piperidine rings is 1. The van der Waals surface area contributed by atoms with Gasteiger partial charge < -0.3 is 20.0 Å². The van der Waals surface area contributed by atoms with Crippen LogP contribution < -0.4 is 10.2 Å². The number of hydrogen-bond acceptors (Lipinski definition) is 3. The zero-order valence-corrected chi connectivity index (χ0v) is 17.0. The number of rotatable bonds is 3. The first-order valence-corrected chi connectivity index (χ1v) is 10.6. The second-order valence-electron chi connectivity index (χ2n) is 7.81. The van der Waals surface area contributed by atoms with Crippen LogP contribution in [0.4, 0.5) is 20.6 Å². The predicted octanol–water partition coefficient (Wildman–Crippen LogP) is 3.81. The number of anilines is 2.